The Morgan fingerprint density at radius 3 is 2.53 bits per heavy atom. The zero-order chi connectivity index (χ0) is 22.3. The Morgan fingerprint density at radius 1 is 1.23 bits per heavy atom. The van der Waals surface area contributed by atoms with Crippen molar-refractivity contribution in [3.63, 3.8) is 0 Å². The van der Waals surface area contributed by atoms with Crippen molar-refractivity contribution in [2.75, 3.05) is 0 Å². The van der Waals surface area contributed by atoms with Gasteiger partial charge < -0.3 is 5.73 Å². The molecule has 0 radical (unpaired) electrons. The van der Waals surface area contributed by atoms with E-state index in [4.69, 9.17) is 12.3 Å². The molecule has 1 aromatic carbocycles. The molecule has 0 bridgehead atoms. The monoisotopic (exact) mass is 418 g/mol. The van der Waals surface area contributed by atoms with Gasteiger partial charge in [0.15, 0.2) is 17.0 Å². The average molecular weight is 418 g/mol. The van der Waals surface area contributed by atoms with Gasteiger partial charge in [-0.25, -0.2) is 22.4 Å². The van der Waals surface area contributed by atoms with E-state index in [-0.39, 0.29) is 23.4 Å². The maximum Gasteiger partial charge on any atom is 0.280 e. The highest BCUT2D eigenvalue weighted by atomic mass is 19.3. The maximum absolute atomic E-state index is 14.8. The molecule has 0 fully saturated rings. The largest absolute Gasteiger partial charge is 0.385 e. The zero-order valence-corrected chi connectivity index (χ0v) is 16.2. The molecular weight excluding hydrogens is 400 g/mol. The van der Waals surface area contributed by atoms with Crippen LogP contribution in [0.2, 0.25) is 0 Å². The number of hydrogen-bond acceptors (Lipinski definition) is 4. The first-order chi connectivity index (χ1) is 13.9. The molecule has 0 saturated carbocycles. The van der Waals surface area contributed by atoms with Crippen LogP contribution < -0.4 is 5.73 Å². The number of aliphatic imine (C=N–C) groups is 1. The molecule has 1 aromatic heterocycles. The number of alkyl halides is 3. The minimum Gasteiger partial charge on any atom is -0.385 e. The predicted octanol–water partition coefficient (Wildman–Crippen LogP) is 4.54. The van der Waals surface area contributed by atoms with Crippen LogP contribution in [0.5, 0.6) is 0 Å². The summed E-state index contributed by atoms with van der Waals surface area (Å²) in [5.41, 5.74) is 0.725. The summed E-state index contributed by atoms with van der Waals surface area (Å²) in [4.78, 5) is 23.2. The minimum absolute atomic E-state index is 0.0814. The van der Waals surface area contributed by atoms with Gasteiger partial charge in [0.2, 0.25) is 5.69 Å². The Hall–Kier alpha value is -3.28. The molecule has 5 nitrogen and oxygen atoms in total. The lowest BCUT2D eigenvalue weighted by Crippen LogP contribution is -2.56. The zero-order valence-electron chi connectivity index (χ0n) is 16.2. The van der Waals surface area contributed by atoms with Gasteiger partial charge >= 0.3 is 0 Å². The molecular formula is C21H18F4N4O. The van der Waals surface area contributed by atoms with Crippen molar-refractivity contribution >= 4 is 17.3 Å². The number of halogens is 4. The molecule has 2 aromatic rings. The minimum atomic E-state index is -3.72. The second-order valence-electron chi connectivity index (χ2n) is 7.58. The third kappa shape index (κ3) is 3.65. The van der Waals surface area contributed by atoms with Gasteiger partial charge in [0, 0.05) is 18.2 Å². The number of rotatable bonds is 4. The summed E-state index contributed by atoms with van der Waals surface area (Å²) in [5.74, 6) is -5.77. The number of hydrogen-bond donors (Lipinski definition) is 1. The van der Waals surface area contributed by atoms with Crippen LogP contribution in [0.3, 0.4) is 0 Å². The van der Waals surface area contributed by atoms with Crippen molar-refractivity contribution < 1.29 is 22.4 Å². The first kappa shape index (κ1) is 21.4. The summed E-state index contributed by atoms with van der Waals surface area (Å²) in [6.07, 6.45) is -0.240. The Labute approximate surface area is 170 Å². The van der Waals surface area contributed by atoms with Gasteiger partial charge in [0.25, 0.3) is 5.92 Å². The highest BCUT2D eigenvalue weighted by molar-refractivity contribution is 5.96. The number of nitrogens with two attached hydrogens (primary N) is 1. The average Bonchev–Trinajstić information content (AvgIpc) is 2.67. The van der Waals surface area contributed by atoms with E-state index in [0.29, 0.717) is 0 Å². The van der Waals surface area contributed by atoms with Gasteiger partial charge in [-0.15, -0.1) is 0 Å². The summed E-state index contributed by atoms with van der Waals surface area (Å²) in [7, 11) is 0. The highest BCUT2D eigenvalue weighted by Crippen LogP contribution is 2.50. The van der Waals surface area contributed by atoms with Crippen molar-refractivity contribution in [2.24, 2.45) is 10.7 Å². The van der Waals surface area contributed by atoms with Gasteiger partial charge in [-0.1, -0.05) is 12.1 Å². The van der Waals surface area contributed by atoms with E-state index in [1.54, 1.807) is 0 Å². The van der Waals surface area contributed by atoms with E-state index in [1.807, 2.05) is 0 Å². The van der Waals surface area contributed by atoms with E-state index in [2.05, 4.69) is 14.8 Å². The molecule has 0 amide bonds. The Morgan fingerprint density at radius 2 is 1.93 bits per heavy atom. The summed E-state index contributed by atoms with van der Waals surface area (Å²) in [6, 6.07) is 6.18. The van der Waals surface area contributed by atoms with Crippen LogP contribution in [0.25, 0.3) is 4.85 Å². The molecule has 156 valence electrons. The van der Waals surface area contributed by atoms with Crippen LogP contribution >= 0.6 is 0 Å². The molecule has 2 heterocycles. The molecule has 1 aliphatic rings. The number of ketones is 1. The predicted molar refractivity (Wildman–Crippen MR) is 103 cm³/mol. The number of benzene rings is 1. The number of nitrogens with zero attached hydrogens (tertiary/aromatic N) is 3. The van der Waals surface area contributed by atoms with Crippen molar-refractivity contribution in [1.82, 2.24) is 4.98 Å². The normalized spacial score (nSPS) is 25.3. The van der Waals surface area contributed by atoms with Crippen LogP contribution in [0.1, 0.15) is 41.9 Å². The Balaban J connectivity index is 1.98. The van der Waals surface area contributed by atoms with Gasteiger partial charge in [-0.2, -0.15) is 0 Å². The molecule has 9 heteroatoms. The summed E-state index contributed by atoms with van der Waals surface area (Å²) < 4.78 is 58.6. The molecule has 2 atom stereocenters. The van der Waals surface area contributed by atoms with E-state index in [0.717, 1.165) is 26.0 Å². The first-order valence-corrected chi connectivity index (χ1v) is 8.98. The van der Waals surface area contributed by atoms with Crippen molar-refractivity contribution in [3.8, 4) is 0 Å². The second kappa shape index (κ2) is 7.20. The SMILES string of the molecule is [C-]#[N+]c1ccc(C(=O)Cc2ccc(F)c([C@@]3(C)N=C(N)[C@@](C)(F)CC3(F)F)c2)nc1. The molecule has 3 rings (SSSR count). The Kier molecular flexibility index (Phi) is 5.14. The molecule has 1 aliphatic heterocycles. The van der Waals surface area contributed by atoms with E-state index in [9.17, 15) is 22.4 Å². The number of carbonyl (C=O) groups excluding carboxylic acids is 1. The number of amidine groups is 1. The summed E-state index contributed by atoms with van der Waals surface area (Å²) in [6.45, 7) is 8.78. The number of carbonyl (C=O) groups is 1. The number of Topliss-reactive ketones (excluding diaryl/α,β-unsaturated/α-hetero) is 1. The molecule has 0 saturated heterocycles. The quantitative estimate of drug-likeness (QED) is 0.450. The van der Waals surface area contributed by atoms with E-state index in [1.165, 1.54) is 24.4 Å². The smallest absolute Gasteiger partial charge is 0.280 e. The van der Waals surface area contributed by atoms with Crippen LogP contribution in [0.4, 0.5) is 23.2 Å². The highest BCUT2D eigenvalue weighted by Gasteiger charge is 2.60. The van der Waals surface area contributed by atoms with Crippen molar-refractivity contribution in [2.45, 2.75) is 43.8 Å². The lowest BCUT2D eigenvalue weighted by Gasteiger charge is -2.42. The van der Waals surface area contributed by atoms with Crippen LogP contribution in [0, 0.1) is 12.4 Å². The maximum atomic E-state index is 14.8. The summed E-state index contributed by atoms with van der Waals surface area (Å²) >= 11 is 0. The van der Waals surface area contributed by atoms with E-state index >= 15 is 0 Å². The fraction of sp³-hybridized carbons (Fsp3) is 0.333. The van der Waals surface area contributed by atoms with Gasteiger partial charge in [0.05, 0.1) is 13.0 Å². The lowest BCUT2D eigenvalue weighted by molar-refractivity contribution is -0.106. The van der Waals surface area contributed by atoms with Gasteiger partial charge in [0.1, 0.15) is 17.3 Å². The number of aromatic nitrogens is 1. The second-order valence-corrected chi connectivity index (χ2v) is 7.58. The lowest BCUT2D eigenvalue weighted by atomic mass is 9.77. The molecule has 2 N–H and O–H groups in total. The van der Waals surface area contributed by atoms with Gasteiger partial charge in [-0.3, -0.25) is 14.8 Å². The van der Waals surface area contributed by atoms with Gasteiger partial charge in [-0.05, 0) is 37.6 Å². The standard InChI is InChI=1S/C21H18F4N4O/c1-19(23)11-21(24,25)20(2,29-18(19)26)14-8-12(4-6-15(14)22)9-17(30)16-7-5-13(27-3)10-28-16/h4-8,10H,9,11H2,1-2H3,(H2,26,29)/t19-,20+/m0/s1. The summed E-state index contributed by atoms with van der Waals surface area (Å²) in [5, 5.41) is 0. The molecule has 0 spiro atoms. The molecule has 0 aliphatic carbocycles. The molecule has 0 unspecified atom stereocenters. The fourth-order valence-electron chi connectivity index (χ4n) is 3.32. The third-order valence-corrected chi connectivity index (χ3v) is 5.23. The van der Waals surface area contributed by atoms with Crippen LogP contribution in [-0.2, 0) is 12.0 Å². The molecule has 30 heavy (non-hydrogen) atoms. The van der Waals surface area contributed by atoms with E-state index < -0.39 is 46.6 Å². The third-order valence-electron chi connectivity index (χ3n) is 5.23. The van der Waals surface area contributed by atoms with Crippen molar-refractivity contribution in [3.05, 3.63) is 70.6 Å². The van der Waals surface area contributed by atoms with Crippen LogP contribution in [0.15, 0.2) is 41.5 Å². The van der Waals surface area contributed by atoms with Crippen molar-refractivity contribution in [1.29, 1.82) is 0 Å². The van der Waals surface area contributed by atoms with Crippen LogP contribution in [-0.4, -0.2) is 28.2 Å². The fourth-order valence-corrected chi connectivity index (χ4v) is 3.32. The first-order valence-electron chi connectivity index (χ1n) is 8.98. The Bertz CT molecular complexity index is 1070. The topological polar surface area (TPSA) is 72.7 Å². The number of pyridine rings is 1.